The van der Waals surface area contributed by atoms with Gasteiger partial charge in [0.25, 0.3) is 0 Å². The highest BCUT2D eigenvalue weighted by molar-refractivity contribution is 7.85. The molecule has 1 aliphatic heterocycles. The second-order valence-electron chi connectivity index (χ2n) is 3.80. The molecule has 0 spiro atoms. The van der Waals surface area contributed by atoms with Crippen molar-refractivity contribution < 1.29 is 17.4 Å². The largest absolute Gasteiger partial charge is 0.389 e. The Kier molecular flexibility index (Phi) is 5.05. The first kappa shape index (κ1) is 13.0. The summed E-state index contributed by atoms with van der Waals surface area (Å²) >= 11 is 0. The Bertz CT molecular complexity index is 210. The van der Waals surface area contributed by atoms with Crippen LogP contribution in [0.2, 0.25) is 0 Å². The van der Waals surface area contributed by atoms with Gasteiger partial charge in [-0.1, -0.05) is 0 Å². The number of hydrogen-bond acceptors (Lipinski definition) is 2. The maximum absolute atomic E-state index is 11.8. The molecule has 2 nitrogen and oxygen atoms in total. The van der Waals surface area contributed by atoms with E-state index in [0.29, 0.717) is 18.1 Å². The molecule has 0 aliphatic carbocycles. The zero-order valence-corrected chi connectivity index (χ0v) is 9.29. The Morgan fingerprint density at radius 1 is 1.27 bits per heavy atom. The molecule has 0 aromatic carbocycles. The Balaban J connectivity index is 2.03. The predicted molar refractivity (Wildman–Crippen MR) is 54.2 cm³/mol. The van der Waals surface area contributed by atoms with Gasteiger partial charge in [-0.2, -0.15) is 13.2 Å². The molecule has 0 bridgehead atoms. The smallest absolute Gasteiger partial charge is 0.314 e. The molecule has 1 fully saturated rings. The van der Waals surface area contributed by atoms with Crippen molar-refractivity contribution in [3.63, 3.8) is 0 Å². The lowest BCUT2D eigenvalue weighted by Gasteiger charge is -2.22. The quantitative estimate of drug-likeness (QED) is 0.763. The zero-order valence-electron chi connectivity index (χ0n) is 8.48. The molecule has 0 atom stereocenters. The normalized spacial score (nSPS) is 27.9. The SMILES string of the molecule is O=S1CCC(NCCCC(F)(F)F)CC1. The third-order valence-electron chi connectivity index (χ3n) is 2.46. The molecular formula is C9H16F3NOS. The summed E-state index contributed by atoms with van der Waals surface area (Å²) in [6, 6.07) is 0.260. The number of nitrogens with one attached hydrogen (secondary N) is 1. The summed E-state index contributed by atoms with van der Waals surface area (Å²) in [5, 5.41) is 3.08. The van der Waals surface area contributed by atoms with Crippen molar-refractivity contribution in [1.29, 1.82) is 0 Å². The van der Waals surface area contributed by atoms with E-state index in [-0.39, 0.29) is 12.5 Å². The van der Waals surface area contributed by atoms with Crippen LogP contribution in [0.5, 0.6) is 0 Å². The van der Waals surface area contributed by atoms with E-state index >= 15 is 0 Å². The van der Waals surface area contributed by atoms with Crippen LogP contribution in [0.15, 0.2) is 0 Å². The summed E-state index contributed by atoms with van der Waals surface area (Å²) in [6.45, 7) is 0.400. The zero-order chi connectivity index (χ0) is 11.3. The van der Waals surface area contributed by atoms with Crippen molar-refractivity contribution >= 4 is 10.8 Å². The number of halogens is 3. The van der Waals surface area contributed by atoms with Crippen LogP contribution in [0.4, 0.5) is 13.2 Å². The standard InChI is InChI=1S/C9H16F3NOS/c10-9(11,12)4-1-5-13-8-2-6-15(14)7-3-8/h8,13H,1-7H2. The molecule has 0 saturated carbocycles. The fraction of sp³-hybridized carbons (Fsp3) is 1.00. The highest BCUT2D eigenvalue weighted by Crippen LogP contribution is 2.20. The molecule has 1 rings (SSSR count). The molecule has 1 heterocycles. The van der Waals surface area contributed by atoms with Crippen molar-refractivity contribution in [3.05, 3.63) is 0 Å². The molecule has 15 heavy (non-hydrogen) atoms. The fourth-order valence-electron chi connectivity index (χ4n) is 1.59. The van der Waals surface area contributed by atoms with Gasteiger partial charge in [-0.15, -0.1) is 0 Å². The molecule has 0 aromatic rings. The average molecular weight is 243 g/mol. The van der Waals surface area contributed by atoms with E-state index in [1.54, 1.807) is 0 Å². The van der Waals surface area contributed by atoms with Gasteiger partial charge in [-0.3, -0.25) is 4.21 Å². The van der Waals surface area contributed by atoms with Crippen LogP contribution < -0.4 is 5.32 Å². The monoisotopic (exact) mass is 243 g/mol. The number of hydrogen-bond donors (Lipinski definition) is 1. The maximum atomic E-state index is 11.8. The Morgan fingerprint density at radius 2 is 1.87 bits per heavy atom. The van der Waals surface area contributed by atoms with Crippen molar-refractivity contribution in [2.24, 2.45) is 0 Å². The van der Waals surface area contributed by atoms with Gasteiger partial charge >= 0.3 is 6.18 Å². The van der Waals surface area contributed by atoms with Crippen LogP contribution >= 0.6 is 0 Å². The molecule has 0 aromatic heterocycles. The minimum absolute atomic E-state index is 0.128. The molecule has 6 heteroatoms. The Labute approximate surface area is 90.1 Å². The first-order valence-electron chi connectivity index (χ1n) is 5.12. The van der Waals surface area contributed by atoms with Crippen LogP contribution in [0, 0.1) is 0 Å². The first-order valence-corrected chi connectivity index (χ1v) is 6.61. The highest BCUT2D eigenvalue weighted by Gasteiger charge is 2.26. The van der Waals surface area contributed by atoms with Gasteiger partial charge in [0.15, 0.2) is 0 Å². The second kappa shape index (κ2) is 5.84. The fourth-order valence-corrected chi connectivity index (χ4v) is 2.89. The van der Waals surface area contributed by atoms with Crippen LogP contribution in [0.25, 0.3) is 0 Å². The molecule has 0 amide bonds. The summed E-state index contributed by atoms with van der Waals surface area (Å²) < 4.78 is 46.4. The lowest BCUT2D eigenvalue weighted by Crippen LogP contribution is -2.36. The van der Waals surface area contributed by atoms with Crippen LogP contribution in [-0.2, 0) is 10.8 Å². The van der Waals surface area contributed by atoms with Gasteiger partial charge < -0.3 is 5.32 Å². The van der Waals surface area contributed by atoms with E-state index in [1.165, 1.54) is 0 Å². The van der Waals surface area contributed by atoms with E-state index in [4.69, 9.17) is 0 Å². The molecule has 1 N–H and O–H groups in total. The minimum Gasteiger partial charge on any atom is -0.314 e. The lowest BCUT2D eigenvalue weighted by molar-refractivity contribution is -0.135. The maximum Gasteiger partial charge on any atom is 0.389 e. The van der Waals surface area contributed by atoms with Gasteiger partial charge in [-0.25, -0.2) is 0 Å². The molecule has 0 radical (unpaired) electrons. The van der Waals surface area contributed by atoms with Crippen molar-refractivity contribution in [2.45, 2.75) is 37.9 Å². The van der Waals surface area contributed by atoms with E-state index in [9.17, 15) is 17.4 Å². The average Bonchev–Trinajstić information content (AvgIpc) is 2.14. The van der Waals surface area contributed by atoms with Crippen molar-refractivity contribution in [2.75, 3.05) is 18.1 Å². The van der Waals surface area contributed by atoms with Crippen LogP contribution in [-0.4, -0.2) is 34.5 Å². The van der Waals surface area contributed by atoms with Gasteiger partial charge in [0.2, 0.25) is 0 Å². The number of alkyl halides is 3. The van der Waals surface area contributed by atoms with E-state index < -0.39 is 23.4 Å². The summed E-state index contributed by atoms with van der Waals surface area (Å²) in [7, 11) is -0.702. The van der Waals surface area contributed by atoms with Crippen LogP contribution in [0.3, 0.4) is 0 Å². The van der Waals surface area contributed by atoms with Gasteiger partial charge in [0, 0.05) is 34.8 Å². The summed E-state index contributed by atoms with van der Waals surface area (Å²) in [5.41, 5.74) is 0. The topological polar surface area (TPSA) is 29.1 Å². The van der Waals surface area contributed by atoms with Crippen LogP contribution in [0.1, 0.15) is 25.7 Å². The Hall–Kier alpha value is -0.100. The number of rotatable bonds is 4. The van der Waals surface area contributed by atoms with Crippen molar-refractivity contribution in [3.8, 4) is 0 Å². The summed E-state index contributed by atoms with van der Waals surface area (Å²) in [6.07, 6.45) is -3.01. The summed E-state index contributed by atoms with van der Waals surface area (Å²) in [4.78, 5) is 0. The van der Waals surface area contributed by atoms with Crippen molar-refractivity contribution in [1.82, 2.24) is 5.32 Å². The molecule has 1 saturated heterocycles. The predicted octanol–water partition coefficient (Wildman–Crippen LogP) is 1.83. The minimum atomic E-state index is -4.05. The first-order chi connectivity index (χ1) is 6.97. The third-order valence-corrected chi connectivity index (χ3v) is 3.84. The van der Waals surface area contributed by atoms with Gasteiger partial charge in [-0.05, 0) is 25.8 Å². The second-order valence-corrected chi connectivity index (χ2v) is 5.49. The van der Waals surface area contributed by atoms with Gasteiger partial charge in [0.05, 0.1) is 0 Å². The lowest BCUT2D eigenvalue weighted by atomic mass is 10.1. The van der Waals surface area contributed by atoms with E-state index in [0.717, 1.165) is 12.8 Å². The summed E-state index contributed by atoms with van der Waals surface area (Å²) in [5.74, 6) is 1.36. The van der Waals surface area contributed by atoms with Gasteiger partial charge in [0.1, 0.15) is 0 Å². The molecule has 1 aliphatic rings. The molecular weight excluding hydrogens is 227 g/mol. The third kappa shape index (κ3) is 6.14. The Morgan fingerprint density at radius 3 is 2.40 bits per heavy atom. The highest BCUT2D eigenvalue weighted by atomic mass is 32.2. The molecule has 0 unspecified atom stereocenters. The van der Waals surface area contributed by atoms with E-state index in [2.05, 4.69) is 5.32 Å². The molecule has 90 valence electrons. The van der Waals surface area contributed by atoms with E-state index in [1.807, 2.05) is 0 Å².